The quantitative estimate of drug-likeness (QED) is 0.530. The SMILES string of the molecule is C[C@H]1C(=O)OC2CC3=C[C@@H](O)C[C@H](C)[C@@]3(C)CC21. The van der Waals surface area contributed by atoms with E-state index >= 15 is 0 Å². The zero-order chi connectivity index (χ0) is 13.1. The average molecular weight is 250 g/mol. The Balaban J connectivity index is 1.95. The fourth-order valence-electron chi connectivity index (χ4n) is 4.11. The summed E-state index contributed by atoms with van der Waals surface area (Å²) >= 11 is 0. The summed E-state index contributed by atoms with van der Waals surface area (Å²) < 4.78 is 5.48. The Morgan fingerprint density at radius 2 is 2.17 bits per heavy atom. The number of aliphatic hydroxyl groups excluding tert-OH is 1. The number of carbonyl (C=O) groups is 1. The maximum atomic E-state index is 11.7. The van der Waals surface area contributed by atoms with E-state index in [4.69, 9.17) is 4.74 Å². The Morgan fingerprint density at radius 1 is 1.44 bits per heavy atom. The molecule has 0 aromatic rings. The van der Waals surface area contributed by atoms with Gasteiger partial charge in [-0.1, -0.05) is 32.4 Å². The molecule has 1 heterocycles. The van der Waals surface area contributed by atoms with Crippen molar-refractivity contribution in [2.75, 3.05) is 0 Å². The first-order valence-corrected chi connectivity index (χ1v) is 7.01. The Hall–Kier alpha value is -0.830. The number of fused-ring (bicyclic) bond motifs is 2. The molecule has 3 aliphatic rings. The van der Waals surface area contributed by atoms with Crippen LogP contribution in [0, 0.1) is 23.2 Å². The van der Waals surface area contributed by atoms with E-state index in [2.05, 4.69) is 13.8 Å². The van der Waals surface area contributed by atoms with Crippen molar-refractivity contribution in [3.8, 4) is 0 Å². The fourth-order valence-corrected chi connectivity index (χ4v) is 4.11. The van der Waals surface area contributed by atoms with E-state index in [0.29, 0.717) is 11.8 Å². The minimum Gasteiger partial charge on any atom is -0.461 e. The van der Waals surface area contributed by atoms with Gasteiger partial charge in [-0.05, 0) is 24.2 Å². The number of ether oxygens (including phenoxy) is 1. The van der Waals surface area contributed by atoms with Gasteiger partial charge in [0.05, 0.1) is 12.0 Å². The smallest absolute Gasteiger partial charge is 0.309 e. The van der Waals surface area contributed by atoms with Crippen LogP contribution in [0.15, 0.2) is 11.6 Å². The molecule has 1 aliphatic heterocycles. The van der Waals surface area contributed by atoms with Crippen LogP contribution in [0.2, 0.25) is 0 Å². The Kier molecular flexibility index (Phi) is 2.60. The van der Waals surface area contributed by atoms with Crippen molar-refractivity contribution in [2.24, 2.45) is 23.2 Å². The normalized spacial score (nSPS) is 51.2. The molecule has 1 N–H and O–H groups in total. The molecule has 3 rings (SSSR count). The van der Waals surface area contributed by atoms with Crippen LogP contribution in [0.1, 0.15) is 40.0 Å². The van der Waals surface area contributed by atoms with Crippen molar-refractivity contribution >= 4 is 5.97 Å². The maximum Gasteiger partial charge on any atom is 0.309 e. The predicted molar refractivity (Wildman–Crippen MR) is 67.7 cm³/mol. The lowest BCUT2D eigenvalue weighted by Crippen LogP contribution is -2.43. The Labute approximate surface area is 108 Å². The molecule has 2 unspecified atom stereocenters. The minimum absolute atomic E-state index is 0.0347. The van der Waals surface area contributed by atoms with Gasteiger partial charge in [-0.2, -0.15) is 0 Å². The standard InChI is InChI=1S/C15H22O3/c1-8-4-11(16)5-10-6-13-12(7-15(8,10)3)9(2)14(17)18-13/h5,8-9,11-13,16H,4,6-7H2,1-3H3/t8-,9+,11-,12?,13?,15+/m0/s1. The molecule has 100 valence electrons. The third-order valence-corrected chi connectivity index (χ3v) is 5.65. The first-order valence-electron chi connectivity index (χ1n) is 7.01. The first-order chi connectivity index (χ1) is 8.41. The second-order valence-corrected chi connectivity index (χ2v) is 6.65. The number of hydrogen-bond donors (Lipinski definition) is 1. The molecule has 0 spiro atoms. The van der Waals surface area contributed by atoms with Gasteiger partial charge in [-0.3, -0.25) is 4.79 Å². The van der Waals surface area contributed by atoms with Crippen LogP contribution in [0.4, 0.5) is 0 Å². The van der Waals surface area contributed by atoms with Gasteiger partial charge in [0.1, 0.15) is 6.10 Å². The first kappa shape index (κ1) is 12.2. The predicted octanol–water partition coefficient (Wildman–Crippen LogP) is 2.29. The number of aliphatic hydroxyl groups is 1. The number of carbonyl (C=O) groups excluding carboxylic acids is 1. The van der Waals surface area contributed by atoms with Gasteiger partial charge in [-0.25, -0.2) is 0 Å². The third-order valence-electron chi connectivity index (χ3n) is 5.65. The van der Waals surface area contributed by atoms with E-state index in [0.717, 1.165) is 19.3 Å². The molecular formula is C15H22O3. The van der Waals surface area contributed by atoms with Crippen molar-refractivity contribution in [1.29, 1.82) is 0 Å². The molecule has 2 aliphatic carbocycles. The molecule has 18 heavy (non-hydrogen) atoms. The third kappa shape index (κ3) is 1.56. The molecule has 3 heteroatoms. The molecule has 6 atom stereocenters. The van der Waals surface area contributed by atoms with Crippen molar-refractivity contribution < 1.29 is 14.6 Å². The van der Waals surface area contributed by atoms with E-state index < -0.39 is 0 Å². The summed E-state index contributed by atoms with van der Waals surface area (Å²) in [7, 11) is 0. The van der Waals surface area contributed by atoms with Crippen molar-refractivity contribution in [3.63, 3.8) is 0 Å². The van der Waals surface area contributed by atoms with Crippen molar-refractivity contribution in [1.82, 2.24) is 0 Å². The van der Waals surface area contributed by atoms with Gasteiger partial charge in [-0.15, -0.1) is 0 Å². The van der Waals surface area contributed by atoms with E-state index in [1.165, 1.54) is 5.57 Å². The molecular weight excluding hydrogens is 228 g/mol. The summed E-state index contributed by atoms with van der Waals surface area (Å²) in [5, 5.41) is 9.89. The summed E-state index contributed by atoms with van der Waals surface area (Å²) in [6.45, 7) is 6.51. The van der Waals surface area contributed by atoms with Gasteiger partial charge in [0.15, 0.2) is 0 Å². The second kappa shape index (κ2) is 3.83. The van der Waals surface area contributed by atoms with Crippen LogP contribution in [0.5, 0.6) is 0 Å². The molecule has 3 nitrogen and oxygen atoms in total. The lowest BCUT2D eigenvalue weighted by atomic mass is 9.56. The molecule has 0 aromatic carbocycles. The average Bonchev–Trinajstić information content (AvgIpc) is 2.54. The van der Waals surface area contributed by atoms with E-state index in [9.17, 15) is 9.90 Å². The Bertz CT molecular complexity index is 414. The van der Waals surface area contributed by atoms with Crippen LogP contribution in [0.25, 0.3) is 0 Å². The summed E-state index contributed by atoms with van der Waals surface area (Å²) in [5.74, 6) is 0.821. The largest absolute Gasteiger partial charge is 0.461 e. The highest BCUT2D eigenvalue weighted by molar-refractivity contribution is 5.75. The summed E-state index contributed by atoms with van der Waals surface area (Å²) in [6, 6.07) is 0. The van der Waals surface area contributed by atoms with E-state index in [-0.39, 0.29) is 29.5 Å². The van der Waals surface area contributed by atoms with Gasteiger partial charge >= 0.3 is 5.97 Å². The zero-order valence-electron chi connectivity index (χ0n) is 11.3. The van der Waals surface area contributed by atoms with Crippen molar-refractivity contribution in [2.45, 2.75) is 52.2 Å². The molecule has 0 amide bonds. The van der Waals surface area contributed by atoms with Crippen LogP contribution < -0.4 is 0 Å². The molecule has 1 saturated carbocycles. The monoisotopic (exact) mass is 250 g/mol. The van der Waals surface area contributed by atoms with Crippen LogP contribution in [-0.4, -0.2) is 23.3 Å². The van der Waals surface area contributed by atoms with E-state index in [1.54, 1.807) is 0 Å². The lowest BCUT2D eigenvalue weighted by Gasteiger charge is -2.49. The molecule has 2 fully saturated rings. The number of hydrogen-bond acceptors (Lipinski definition) is 3. The number of rotatable bonds is 0. The highest BCUT2D eigenvalue weighted by Crippen LogP contribution is 2.55. The summed E-state index contributed by atoms with van der Waals surface area (Å²) in [5.41, 5.74) is 1.44. The van der Waals surface area contributed by atoms with Crippen LogP contribution >= 0.6 is 0 Å². The van der Waals surface area contributed by atoms with Gasteiger partial charge in [0, 0.05) is 12.3 Å². The fraction of sp³-hybridized carbons (Fsp3) is 0.800. The van der Waals surface area contributed by atoms with Gasteiger partial charge < -0.3 is 9.84 Å². The van der Waals surface area contributed by atoms with Gasteiger partial charge in [0.2, 0.25) is 0 Å². The Morgan fingerprint density at radius 3 is 2.89 bits per heavy atom. The topological polar surface area (TPSA) is 46.5 Å². The summed E-state index contributed by atoms with van der Waals surface area (Å²) in [6.07, 6.45) is 4.40. The molecule has 0 bridgehead atoms. The molecule has 1 saturated heterocycles. The van der Waals surface area contributed by atoms with Crippen LogP contribution in [-0.2, 0) is 9.53 Å². The highest BCUT2D eigenvalue weighted by atomic mass is 16.6. The second-order valence-electron chi connectivity index (χ2n) is 6.65. The summed E-state index contributed by atoms with van der Waals surface area (Å²) in [4.78, 5) is 11.7. The maximum absolute atomic E-state index is 11.7. The highest BCUT2D eigenvalue weighted by Gasteiger charge is 2.53. The number of esters is 1. The van der Waals surface area contributed by atoms with E-state index in [1.807, 2.05) is 13.0 Å². The zero-order valence-corrected chi connectivity index (χ0v) is 11.3. The van der Waals surface area contributed by atoms with Crippen LogP contribution in [0.3, 0.4) is 0 Å². The molecule has 0 radical (unpaired) electrons. The molecule has 0 aromatic heterocycles. The lowest BCUT2D eigenvalue weighted by molar-refractivity contribution is -0.144. The van der Waals surface area contributed by atoms with Gasteiger partial charge in [0.25, 0.3) is 0 Å². The van der Waals surface area contributed by atoms with Crippen molar-refractivity contribution in [3.05, 3.63) is 11.6 Å². The minimum atomic E-state index is -0.325.